The molecule has 0 unspecified atom stereocenters. The van der Waals surface area contributed by atoms with Gasteiger partial charge in [-0.2, -0.15) is 0 Å². The van der Waals surface area contributed by atoms with Gasteiger partial charge in [-0.25, -0.2) is 15.0 Å². The summed E-state index contributed by atoms with van der Waals surface area (Å²) in [4.78, 5) is 12.9. The van der Waals surface area contributed by atoms with Crippen LogP contribution in [0.25, 0.3) is 10.9 Å². The van der Waals surface area contributed by atoms with E-state index in [1.165, 1.54) is 6.21 Å². The Morgan fingerprint density at radius 2 is 2.08 bits per heavy atom. The molecule has 0 fully saturated rings. The lowest BCUT2D eigenvalue weighted by molar-refractivity contribution is 0.425. The van der Waals surface area contributed by atoms with E-state index in [9.17, 15) is 5.11 Å². The van der Waals surface area contributed by atoms with Crippen LogP contribution in [0.2, 0.25) is 0 Å². The highest BCUT2D eigenvalue weighted by Crippen LogP contribution is 2.18. The highest BCUT2D eigenvalue weighted by atomic mass is 35.5. The highest BCUT2D eigenvalue weighted by Gasteiger charge is 2.06. The van der Waals surface area contributed by atoms with Crippen LogP contribution in [0.1, 0.15) is 25.1 Å². The summed E-state index contributed by atoms with van der Waals surface area (Å²) in [7, 11) is 0. The average molecular weight is 372 g/mol. The second-order valence-corrected chi connectivity index (χ2v) is 6.40. The molecule has 0 spiro atoms. The number of aromatic nitrogens is 2. The number of anilines is 1. The lowest BCUT2D eigenvalue weighted by atomic mass is 10.1. The first-order chi connectivity index (χ1) is 12.3. The number of hydrogen-bond donors (Lipinski definition) is 3. The summed E-state index contributed by atoms with van der Waals surface area (Å²) in [6.45, 7) is 7.46. The monoisotopic (exact) mass is 371 g/mol. The van der Waals surface area contributed by atoms with Gasteiger partial charge in [-0.3, -0.25) is 5.41 Å². The van der Waals surface area contributed by atoms with Crippen LogP contribution in [0.5, 0.6) is 0 Å². The molecule has 0 saturated carbocycles. The highest BCUT2D eigenvalue weighted by molar-refractivity contribution is 6.30. The van der Waals surface area contributed by atoms with Gasteiger partial charge >= 0.3 is 0 Å². The predicted molar refractivity (Wildman–Crippen MR) is 109 cm³/mol. The van der Waals surface area contributed by atoms with E-state index >= 15 is 0 Å². The fourth-order valence-electron chi connectivity index (χ4n) is 2.30. The molecule has 1 aromatic carbocycles. The van der Waals surface area contributed by atoms with Gasteiger partial charge in [-0.05, 0) is 39.8 Å². The van der Waals surface area contributed by atoms with Crippen LogP contribution in [0, 0.1) is 19.3 Å². The third kappa shape index (κ3) is 4.89. The lowest BCUT2D eigenvalue weighted by Gasteiger charge is -2.08. The van der Waals surface area contributed by atoms with Gasteiger partial charge in [0.2, 0.25) is 5.95 Å². The molecule has 0 radical (unpaired) electrons. The number of amidine groups is 1. The van der Waals surface area contributed by atoms with Gasteiger partial charge in [0.1, 0.15) is 11.6 Å². The summed E-state index contributed by atoms with van der Waals surface area (Å²) in [6, 6.07) is 6.01. The first-order valence-electron chi connectivity index (χ1n) is 8.14. The molecular weight excluding hydrogens is 350 g/mol. The number of aliphatic imine (C=N–C) groups is 1. The van der Waals surface area contributed by atoms with Crippen LogP contribution < -0.4 is 5.32 Å². The van der Waals surface area contributed by atoms with Crippen LogP contribution in [0.4, 0.5) is 5.95 Å². The zero-order valence-electron chi connectivity index (χ0n) is 15.3. The van der Waals surface area contributed by atoms with Crippen LogP contribution in [0.15, 0.2) is 45.6 Å². The van der Waals surface area contributed by atoms with Gasteiger partial charge in [-0.1, -0.05) is 29.3 Å². The van der Waals surface area contributed by atoms with Crippen molar-refractivity contribution < 1.29 is 5.11 Å². The molecule has 0 amide bonds. The molecule has 3 N–H and O–H groups in total. The van der Waals surface area contributed by atoms with Crippen molar-refractivity contribution in [3.8, 4) is 0 Å². The summed E-state index contributed by atoms with van der Waals surface area (Å²) in [5.74, 6) is 0.474. The van der Waals surface area contributed by atoms with E-state index in [2.05, 4.69) is 26.3 Å². The summed E-state index contributed by atoms with van der Waals surface area (Å²) in [5, 5.41) is 22.1. The van der Waals surface area contributed by atoms with Crippen molar-refractivity contribution in [2.75, 3.05) is 11.9 Å². The van der Waals surface area contributed by atoms with Gasteiger partial charge in [0.15, 0.2) is 0 Å². The van der Waals surface area contributed by atoms with E-state index in [1.807, 2.05) is 26.0 Å². The molecule has 7 heteroatoms. The molecule has 2 aromatic rings. The Hall–Kier alpha value is -2.73. The Balaban J connectivity index is 2.08. The minimum Gasteiger partial charge on any atom is -0.506 e. The molecule has 26 heavy (non-hydrogen) atoms. The summed E-state index contributed by atoms with van der Waals surface area (Å²) in [6.07, 6.45) is 3.07. The number of nitrogens with zero attached hydrogens (tertiary/aromatic N) is 3. The molecule has 1 aromatic heterocycles. The Labute approximate surface area is 157 Å². The third-order valence-corrected chi connectivity index (χ3v) is 3.90. The smallest absolute Gasteiger partial charge is 0.223 e. The number of benzene rings is 1. The van der Waals surface area contributed by atoms with Crippen molar-refractivity contribution in [3.63, 3.8) is 0 Å². The zero-order chi connectivity index (χ0) is 19.3. The van der Waals surface area contributed by atoms with E-state index in [4.69, 9.17) is 17.0 Å². The molecule has 2 rings (SSSR count). The number of hydrogen-bond acceptors (Lipinski definition) is 5. The van der Waals surface area contributed by atoms with Crippen molar-refractivity contribution in [2.45, 2.75) is 27.7 Å². The van der Waals surface area contributed by atoms with E-state index in [0.717, 1.165) is 22.2 Å². The number of aliphatic hydroxyl groups excluding tert-OH is 1. The normalized spacial score (nSPS) is 13.2. The number of fused-ring (bicyclic) bond motifs is 1. The fraction of sp³-hybridized carbons (Fsp3) is 0.263. The molecule has 0 atom stereocenters. The van der Waals surface area contributed by atoms with E-state index in [1.54, 1.807) is 19.9 Å². The van der Waals surface area contributed by atoms with Crippen molar-refractivity contribution in [1.82, 2.24) is 9.97 Å². The first kappa shape index (κ1) is 19.6. The van der Waals surface area contributed by atoms with Gasteiger partial charge < -0.3 is 10.4 Å². The van der Waals surface area contributed by atoms with Crippen molar-refractivity contribution in [1.29, 1.82) is 5.41 Å². The maximum absolute atomic E-state index is 9.84. The minimum atomic E-state index is -0.0533. The minimum absolute atomic E-state index is 0.0533. The van der Waals surface area contributed by atoms with E-state index in [-0.39, 0.29) is 23.2 Å². The number of nitrogens with one attached hydrogen (secondary N) is 2. The quantitative estimate of drug-likeness (QED) is 0.308. The average Bonchev–Trinajstić information content (AvgIpc) is 2.60. The molecule has 1 heterocycles. The first-order valence-corrected chi connectivity index (χ1v) is 8.52. The molecule has 136 valence electrons. The number of halogens is 1. The molecule has 0 bridgehead atoms. The summed E-state index contributed by atoms with van der Waals surface area (Å²) in [5.41, 5.74) is 3.34. The Kier molecular flexibility index (Phi) is 6.46. The Morgan fingerprint density at radius 1 is 1.35 bits per heavy atom. The largest absolute Gasteiger partial charge is 0.506 e. The summed E-state index contributed by atoms with van der Waals surface area (Å²) < 4.78 is 0. The number of aliphatic hydroxyl groups is 1. The fourth-order valence-corrected chi connectivity index (χ4v) is 2.41. The maximum atomic E-state index is 9.84. The van der Waals surface area contributed by atoms with Crippen LogP contribution in [-0.4, -0.2) is 33.7 Å². The van der Waals surface area contributed by atoms with Gasteiger partial charge in [0.05, 0.1) is 22.8 Å². The maximum Gasteiger partial charge on any atom is 0.223 e. The Morgan fingerprint density at radius 3 is 2.73 bits per heavy atom. The van der Waals surface area contributed by atoms with Gasteiger partial charge in [0.25, 0.3) is 0 Å². The molecule has 0 aliphatic rings. The third-order valence-electron chi connectivity index (χ3n) is 3.73. The molecular formula is C19H22ClN5O. The molecule has 0 aliphatic heterocycles. The lowest BCUT2D eigenvalue weighted by Crippen LogP contribution is -2.14. The number of rotatable bonds is 5. The number of aryl methyl sites for hydroxylation is 2. The van der Waals surface area contributed by atoms with E-state index in [0.29, 0.717) is 11.5 Å². The molecule has 0 aliphatic carbocycles. The molecule has 6 nitrogen and oxygen atoms in total. The van der Waals surface area contributed by atoms with Crippen LogP contribution in [0.3, 0.4) is 0 Å². The Bertz CT molecular complexity index is 927. The van der Waals surface area contributed by atoms with E-state index < -0.39 is 0 Å². The zero-order valence-corrected chi connectivity index (χ0v) is 16.0. The standard InChI is InChI=1S/C19H22ClN5O/c1-5-14(18(26)12(3)20)9-22-17(21)10-23-19-24-13(4)15-8-11(2)6-7-16(15)25-19/h5-9,21,26H,10H2,1-4H3,(H,23,24,25)/b14-5-,18-12-,21-17?,22-9+. The predicted octanol–water partition coefficient (Wildman–Crippen LogP) is 4.68. The van der Waals surface area contributed by atoms with Crippen LogP contribution >= 0.6 is 11.6 Å². The van der Waals surface area contributed by atoms with Crippen LogP contribution in [-0.2, 0) is 0 Å². The molecule has 0 saturated heterocycles. The number of allylic oxidation sites excluding steroid dienone is 3. The second kappa shape index (κ2) is 8.58. The SMILES string of the molecule is C/C=C(/C=N/C(=N)CNc1nc(C)c2cc(C)ccc2n1)C(\O)=C(/C)Cl. The summed E-state index contributed by atoms with van der Waals surface area (Å²) >= 11 is 5.78. The van der Waals surface area contributed by atoms with Crippen molar-refractivity contribution in [3.05, 3.63) is 51.9 Å². The van der Waals surface area contributed by atoms with Crippen molar-refractivity contribution in [2.24, 2.45) is 4.99 Å². The second-order valence-electron chi connectivity index (χ2n) is 5.84. The van der Waals surface area contributed by atoms with Crippen molar-refractivity contribution >= 4 is 40.5 Å². The van der Waals surface area contributed by atoms with Gasteiger partial charge in [-0.15, -0.1) is 0 Å². The van der Waals surface area contributed by atoms with Gasteiger partial charge in [0, 0.05) is 17.2 Å². The topological polar surface area (TPSA) is 94.3 Å².